The van der Waals surface area contributed by atoms with E-state index in [2.05, 4.69) is 15.1 Å². The molecule has 0 N–H and O–H groups in total. The van der Waals surface area contributed by atoms with Gasteiger partial charge in [-0.15, -0.1) is 0 Å². The van der Waals surface area contributed by atoms with Crippen LogP contribution in [0.2, 0.25) is 5.02 Å². The van der Waals surface area contributed by atoms with Crippen molar-refractivity contribution in [1.29, 1.82) is 0 Å². The molecular formula is C24H18ClF4N5O. The maximum Gasteiger partial charge on any atom is 0.333 e. The molecule has 0 spiro atoms. The number of pyridine rings is 3. The van der Waals surface area contributed by atoms with Crippen LogP contribution in [-0.2, 0) is 0 Å². The SMILES string of the molecule is Cc1cnc(-c2ccncc2F)c(F)c1-n1c(C)cc([C@@H]2CC2c2cnn(C(F)F)c2)c(Cl)c1=O. The summed E-state index contributed by atoms with van der Waals surface area (Å²) in [5.41, 5.74) is 0.919. The number of hydrogen-bond acceptors (Lipinski definition) is 4. The van der Waals surface area contributed by atoms with Crippen LogP contribution in [0.15, 0.2) is 47.9 Å². The van der Waals surface area contributed by atoms with Crippen molar-refractivity contribution in [2.45, 2.75) is 38.7 Å². The second-order valence-corrected chi connectivity index (χ2v) is 8.86. The van der Waals surface area contributed by atoms with Crippen molar-refractivity contribution >= 4 is 11.6 Å². The smallest absolute Gasteiger partial charge is 0.277 e. The summed E-state index contributed by atoms with van der Waals surface area (Å²) in [6, 6.07) is 2.99. The van der Waals surface area contributed by atoms with E-state index < -0.39 is 23.7 Å². The van der Waals surface area contributed by atoms with Crippen LogP contribution in [0.5, 0.6) is 0 Å². The molecule has 4 heterocycles. The number of nitrogens with zero attached hydrogens (tertiary/aromatic N) is 5. The zero-order chi connectivity index (χ0) is 25.0. The van der Waals surface area contributed by atoms with Crippen molar-refractivity contribution in [2.24, 2.45) is 0 Å². The molecule has 5 rings (SSSR count). The van der Waals surface area contributed by atoms with Crippen LogP contribution in [0.3, 0.4) is 0 Å². The fourth-order valence-corrected chi connectivity index (χ4v) is 4.71. The zero-order valence-electron chi connectivity index (χ0n) is 18.5. The molecule has 0 amide bonds. The lowest BCUT2D eigenvalue weighted by Gasteiger charge is -2.17. The molecule has 2 atom stereocenters. The van der Waals surface area contributed by atoms with Gasteiger partial charge in [0.2, 0.25) is 0 Å². The minimum atomic E-state index is -2.74. The summed E-state index contributed by atoms with van der Waals surface area (Å²) in [5, 5.41) is 3.58. The Hall–Kier alpha value is -3.53. The van der Waals surface area contributed by atoms with Crippen LogP contribution in [0, 0.1) is 25.5 Å². The molecule has 0 radical (unpaired) electrons. The lowest BCUT2D eigenvalue weighted by molar-refractivity contribution is 0.0565. The number of hydrogen-bond donors (Lipinski definition) is 0. The molecule has 6 nitrogen and oxygen atoms in total. The first-order valence-electron chi connectivity index (χ1n) is 10.7. The number of aromatic nitrogens is 5. The second-order valence-electron chi connectivity index (χ2n) is 8.48. The maximum absolute atomic E-state index is 15.7. The first-order valence-corrected chi connectivity index (χ1v) is 11.1. The topological polar surface area (TPSA) is 65.6 Å². The molecule has 1 unspecified atom stereocenters. The van der Waals surface area contributed by atoms with Gasteiger partial charge in [-0.05, 0) is 60.9 Å². The Balaban J connectivity index is 1.57. The fourth-order valence-electron chi connectivity index (χ4n) is 4.43. The fraction of sp³-hybridized carbons (Fsp3) is 0.250. The van der Waals surface area contributed by atoms with E-state index in [9.17, 15) is 18.0 Å². The van der Waals surface area contributed by atoms with Gasteiger partial charge in [-0.3, -0.25) is 19.3 Å². The van der Waals surface area contributed by atoms with E-state index in [1.165, 1.54) is 30.9 Å². The van der Waals surface area contributed by atoms with Crippen molar-refractivity contribution in [3.05, 3.63) is 92.5 Å². The van der Waals surface area contributed by atoms with E-state index in [4.69, 9.17) is 11.6 Å². The lowest BCUT2D eigenvalue weighted by Crippen LogP contribution is -2.24. The van der Waals surface area contributed by atoms with Crippen LogP contribution in [-0.4, -0.2) is 24.3 Å². The van der Waals surface area contributed by atoms with E-state index in [1.807, 2.05) is 0 Å². The molecule has 4 aromatic rings. The van der Waals surface area contributed by atoms with E-state index in [1.54, 1.807) is 19.9 Å². The molecule has 1 aliphatic rings. The molecule has 180 valence electrons. The van der Waals surface area contributed by atoms with Crippen molar-refractivity contribution < 1.29 is 17.6 Å². The Morgan fingerprint density at radius 1 is 1.14 bits per heavy atom. The predicted molar refractivity (Wildman–Crippen MR) is 121 cm³/mol. The molecule has 0 bridgehead atoms. The first kappa shape index (κ1) is 23.2. The number of halogens is 5. The van der Waals surface area contributed by atoms with E-state index in [-0.39, 0.29) is 33.8 Å². The number of rotatable bonds is 5. The molecule has 4 aromatic heterocycles. The van der Waals surface area contributed by atoms with E-state index >= 15 is 4.39 Å². The molecule has 0 aromatic carbocycles. The molecule has 0 aliphatic heterocycles. The molecule has 0 saturated heterocycles. The summed E-state index contributed by atoms with van der Waals surface area (Å²) in [6.45, 7) is 0.489. The molecule has 1 saturated carbocycles. The predicted octanol–water partition coefficient (Wildman–Crippen LogP) is 5.71. The quantitative estimate of drug-likeness (QED) is 0.327. The van der Waals surface area contributed by atoms with Gasteiger partial charge in [0.05, 0.1) is 18.1 Å². The average molecular weight is 504 g/mol. The molecule has 11 heteroatoms. The molecular weight excluding hydrogens is 486 g/mol. The summed E-state index contributed by atoms with van der Waals surface area (Å²) in [5.74, 6) is -1.87. The summed E-state index contributed by atoms with van der Waals surface area (Å²) >= 11 is 6.47. The van der Waals surface area contributed by atoms with Gasteiger partial charge in [-0.2, -0.15) is 13.9 Å². The van der Waals surface area contributed by atoms with Crippen LogP contribution >= 0.6 is 11.6 Å². The largest absolute Gasteiger partial charge is 0.333 e. The van der Waals surface area contributed by atoms with Gasteiger partial charge in [-0.25, -0.2) is 13.5 Å². The van der Waals surface area contributed by atoms with Gasteiger partial charge in [0.1, 0.15) is 10.7 Å². The third-order valence-corrected chi connectivity index (χ3v) is 6.61. The van der Waals surface area contributed by atoms with Gasteiger partial charge in [-0.1, -0.05) is 11.6 Å². The second kappa shape index (κ2) is 8.60. The summed E-state index contributed by atoms with van der Waals surface area (Å²) in [6.07, 6.45) is 6.92. The monoisotopic (exact) mass is 503 g/mol. The van der Waals surface area contributed by atoms with E-state index in [0.717, 1.165) is 10.8 Å². The van der Waals surface area contributed by atoms with Crippen molar-refractivity contribution in [1.82, 2.24) is 24.3 Å². The van der Waals surface area contributed by atoms with Crippen molar-refractivity contribution in [3.63, 3.8) is 0 Å². The molecule has 35 heavy (non-hydrogen) atoms. The van der Waals surface area contributed by atoms with Gasteiger partial charge in [0.25, 0.3) is 5.56 Å². The normalized spacial score (nSPS) is 17.3. The van der Waals surface area contributed by atoms with Gasteiger partial charge < -0.3 is 0 Å². The van der Waals surface area contributed by atoms with Gasteiger partial charge >= 0.3 is 6.55 Å². The third-order valence-electron chi connectivity index (χ3n) is 6.23. The van der Waals surface area contributed by atoms with Crippen LogP contribution in [0.25, 0.3) is 16.9 Å². The Morgan fingerprint density at radius 2 is 1.91 bits per heavy atom. The maximum atomic E-state index is 15.7. The Morgan fingerprint density at radius 3 is 2.60 bits per heavy atom. The van der Waals surface area contributed by atoms with Crippen LogP contribution < -0.4 is 5.56 Å². The van der Waals surface area contributed by atoms with Gasteiger partial charge in [0, 0.05) is 29.8 Å². The number of alkyl halides is 2. The average Bonchev–Trinajstić information content (AvgIpc) is 3.45. The highest BCUT2D eigenvalue weighted by Gasteiger charge is 2.42. The first-order chi connectivity index (χ1) is 16.7. The standard InChI is InChI=1S/C24H18ClF4N5O/c1-11-7-31-21(14-3-4-30-9-18(14)26)20(27)22(11)34-12(2)5-17(19(25)23(34)35)16-6-15(16)13-8-32-33(10-13)24(28)29/h3-5,7-10,15-16,24H,6H2,1-2H3/t15?,16-/m1/s1. The Bertz CT molecular complexity index is 1520. The summed E-state index contributed by atoms with van der Waals surface area (Å²) in [7, 11) is 0. The summed E-state index contributed by atoms with van der Waals surface area (Å²) in [4.78, 5) is 21.0. The Kier molecular flexibility index (Phi) is 5.71. The van der Waals surface area contributed by atoms with Crippen molar-refractivity contribution in [2.75, 3.05) is 0 Å². The molecule has 1 aliphatic carbocycles. The minimum absolute atomic E-state index is 0.0762. The van der Waals surface area contributed by atoms with Gasteiger partial charge in [0.15, 0.2) is 11.6 Å². The minimum Gasteiger partial charge on any atom is -0.277 e. The van der Waals surface area contributed by atoms with E-state index in [0.29, 0.717) is 33.5 Å². The van der Waals surface area contributed by atoms with Crippen LogP contribution in [0.1, 0.15) is 47.2 Å². The molecule has 1 fully saturated rings. The zero-order valence-corrected chi connectivity index (χ0v) is 19.3. The van der Waals surface area contributed by atoms with Crippen molar-refractivity contribution in [3.8, 4) is 16.9 Å². The third kappa shape index (κ3) is 3.91. The van der Waals surface area contributed by atoms with Crippen LogP contribution in [0.4, 0.5) is 17.6 Å². The summed E-state index contributed by atoms with van der Waals surface area (Å²) < 4.78 is 57.4. The highest BCUT2D eigenvalue weighted by Crippen LogP contribution is 2.56. The number of aryl methyl sites for hydroxylation is 2. The Labute approximate surface area is 201 Å². The lowest BCUT2D eigenvalue weighted by atomic mass is 10.1. The highest BCUT2D eigenvalue weighted by atomic mass is 35.5. The highest BCUT2D eigenvalue weighted by molar-refractivity contribution is 6.31.